The molecule has 1 aromatic heterocycles. The fraction of sp³-hybridized carbons (Fsp3) is 0.474. The Morgan fingerprint density at radius 3 is 2.33 bits per heavy atom. The molecule has 1 amide bonds. The van der Waals surface area contributed by atoms with Crippen molar-refractivity contribution >= 4 is 6.09 Å². The Balaban J connectivity index is 1.83. The van der Waals surface area contributed by atoms with Gasteiger partial charge in [-0.2, -0.15) is 18.3 Å². The van der Waals surface area contributed by atoms with Crippen LogP contribution in [0.15, 0.2) is 30.3 Å². The number of nitrogens with zero attached hydrogens (tertiary/aromatic N) is 3. The molecule has 27 heavy (non-hydrogen) atoms. The van der Waals surface area contributed by atoms with Crippen LogP contribution in [0.25, 0.3) is 11.3 Å². The van der Waals surface area contributed by atoms with Crippen molar-refractivity contribution in [1.82, 2.24) is 14.7 Å². The van der Waals surface area contributed by atoms with Gasteiger partial charge in [0.05, 0.1) is 29.5 Å². The summed E-state index contributed by atoms with van der Waals surface area (Å²) in [6.07, 6.45) is -4.76. The van der Waals surface area contributed by atoms with E-state index < -0.39 is 23.4 Å². The smallest absolute Gasteiger partial charge is 0.416 e. The monoisotopic (exact) mass is 381 g/mol. The maximum Gasteiger partial charge on any atom is 0.416 e. The number of benzene rings is 1. The summed E-state index contributed by atoms with van der Waals surface area (Å²) in [5.74, 6) is 0. The van der Waals surface area contributed by atoms with Gasteiger partial charge in [0.15, 0.2) is 0 Å². The average Bonchev–Trinajstić information content (AvgIpc) is 2.98. The minimum atomic E-state index is -4.37. The number of fused-ring (bicyclic) bond motifs is 1. The third-order valence-electron chi connectivity index (χ3n) is 4.40. The molecule has 0 N–H and O–H groups in total. The first-order valence-corrected chi connectivity index (χ1v) is 8.71. The van der Waals surface area contributed by atoms with Crippen molar-refractivity contribution in [2.45, 2.75) is 52.1 Å². The van der Waals surface area contributed by atoms with Gasteiger partial charge in [0, 0.05) is 12.1 Å². The van der Waals surface area contributed by atoms with Crippen LogP contribution in [0.5, 0.6) is 0 Å². The zero-order valence-corrected chi connectivity index (χ0v) is 15.7. The highest BCUT2D eigenvalue weighted by molar-refractivity contribution is 5.69. The van der Waals surface area contributed by atoms with Crippen molar-refractivity contribution in [1.29, 1.82) is 0 Å². The summed E-state index contributed by atoms with van der Waals surface area (Å²) in [6, 6.07) is 6.48. The number of hydrogen-bond donors (Lipinski definition) is 0. The second-order valence-electron chi connectivity index (χ2n) is 7.60. The molecule has 0 unspecified atom stereocenters. The lowest BCUT2D eigenvalue weighted by Gasteiger charge is -2.35. The van der Waals surface area contributed by atoms with Crippen LogP contribution in [0.3, 0.4) is 0 Å². The highest BCUT2D eigenvalue weighted by Gasteiger charge is 2.33. The van der Waals surface area contributed by atoms with E-state index in [1.807, 2.05) is 33.8 Å². The normalized spacial score (nSPS) is 17.6. The lowest BCUT2D eigenvalue weighted by Crippen LogP contribution is -2.43. The molecular formula is C19H22F3N3O2. The Labute approximate surface area is 155 Å². The Kier molecular flexibility index (Phi) is 4.69. The van der Waals surface area contributed by atoms with E-state index in [9.17, 15) is 18.0 Å². The molecule has 8 heteroatoms. The van der Waals surface area contributed by atoms with E-state index in [1.54, 1.807) is 9.58 Å². The minimum Gasteiger partial charge on any atom is -0.444 e. The van der Waals surface area contributed by atoms with Crippen LogP contribution in [-0.4, -0.2) is 32.9 Å². The van der Waals surface area contributed by atoms with Crippen molar-refractivity contribution in [2.75, 3.05) is 6.54 Å². The number of alkyl halides is 3. The van der Waals surface area contributed by atoms with Crippen LogP contribution >= 0.6 is 0 Å². The van der Waals surface area contributed by atoms with Crippen molar-refractivity contribution < 1.29 is 22.7 Å². The Morgan fingerprint density at radius 1 is 1.15 bits per heavy atom. The number of aromatic nitrogens is 2. The van der Waals surface area contributed by atoms with E-state index in [4.69, 9.17) is 4.74 Å². The highest BCUT2D eigenvalue weighted by atomic mass is 19.4. The SMILES string of the molecule is C[C@@H]1c2cc(-c3ccc(C(F)(F)F)cc3)nn2CCN1C(=O)OC(C)(C)C. The topological polar surface area (TPSA) is 47.4 Å². The molecule has 1 aliphatic heterocycles. The molecule has 0 radical (unpaired) electrons. The summed E-state index contributed by atoms with van der Waals surface area (Å²) in [5, 5.41) is 4.49. The molecule has 0 saturated heterocycles. The van der Waals surface area contributed by atoms with Crippen molar-refractivity contribution in [3.05, 3.63) is 41.6 Å². The fourth-order valence-electron chi connectivity index (χ4n) is 3.04. The van der Waals surface area contributed by atoms with Gasteiger partial charge in [-0.3, -0.25) is 9.58 Å². The standard InChI is InChI=1S/C19H22F3N3O2/c1-12-16-11-15(13-5-7-14(8-6-13)19(20,21)22)23-25(16)10-9-24(12)17(26)27-18(2,3)4/h5-8,11-12H,9-10H2,1-4H3/t12-/m1/s1. The lowest BCUT2D eigenvalue weighted by atomic mass is 10.1. The maximum absolute atomic E-state index is 12.7. The van der Waals surface area contributed by atoms with Crippen LogP contribution in [0.2, 0.25) is 0 Å². The average molecular weight is 381 g/mol. The molecular weight excluding hydrogens is 359 g/mol. The van der Waals surface area contributed by atoms with E-state index >= 15 is 0 Å². The summed E-state index contributed by atoms with van der Waals surface area (Å²) in [6.45, 7) is 8.27. The zero-order chi connectivity index (χ0) is 20.0. The van der Waals surface area contributed by atoms with Gasteiger partial charge in [0.25, 0.3) is 0 Å². The van der Waals surface area contributed by atoms with Gasteiger partial charge < -0.3 is 4.74 Å². The molecule has 5 nitrogen and oxygen atoms in total. The molecule has 3 rings (SSSR count). The van der Waals surface area contributed by atoms with Crippen LogP contribution in [0.4, 0.5) is 18.0 Å². The van der Waals surface area contributed by atoms with Crippen LogP contribution in [-0.2, 0) is 17.5 Å². The van der Waals surface area contributed by atoms with Crippen molar-refractivity contribution in [2.24, 2.45) is 0 Å². The first-order chi connectivity index (χ1) is 12.5. The van der Waals surface area contributed by atoms with Crippen molar-refractivity contribution in [3.63, 3.8) is 0 Å². The number of hydrogen-bond acceptors (Lipinski definition) is 3. The number of halogens is 3. The Bertz CT molecular complexity index is 835. The molecule has 146 valence electrons. The van der Waals surface area contributed by atoms with E-state index in [1.165, 1.54) is 12.1 Å². The first-order valence-electron chi connectivity index (χ1n) is 8.71. The zero-order valence-electron chi connectivity index (χ0n) is 15.7. The number of amides is 1. The summed E-state index contributed by atoms with van der Waals surface area (Å²) in [5.41, 5.74) is 0.721. The maximum atomic E-state index is 12.7. The number of carbonyl (C=O) groups excluding carboxylic acids is 1. The quantitative estimate of drug-likeness (QED) is 0.707. The van der Waals surface area contributed by atoms with E-state index in [-0.39, 0.29) is 6.04 Å². The molecule has 0 fully saturated rings. The van der Waals surface area contributed by atoms with Gasteiger partial charge in [-0.1, -0.05) is 12.1 Å². The second kappa shape index (κ2) is 6.58. The highest BCUT2D eigenvalue weighted by Crippen LogP contribution is 2.33. The van der Waals surface area contributed by atoms with Crippen molar-refractivity contribution in [3.8, 4) is 11.3 Å². The Hall–Kier alpha value is -2.51. The van der Waals surface area contributed by atoms with Crippen LogP contribution in [0, 0.1) is 0 Å². The molecule has 1 aliphatic rings. The van der Waals surface area contributed by atoms with Gasteiger partial charge in [0.2, 0.25) is 0 Å². The van der Waals surface area contributed by atoms with Gasteiger partial charge >= 0.3 is 12.3 Å². The minimum absolute atomic E-state index is 0.246. The number of rotatable bonds is 1. The van der Waals surface area contributed by atoms with E-state index in [0.717, 1.165) is 17.8 Å². The molecule has 2 aromatic rings. The third kappa shape index (κ3) is 4.09. The summed E-state index contributed by atoms with van der Waals surface area (Å²) < 4.78 is 45.4. The summed E-state index contributed by atoms with van der Waals surface area (Å²) in [7, 11) is 0. The molecule has 0 spiro atoms. The molecule has 0 saturated carbocycles. The number of ether oxygens (including phenoxy) is 1. The Morgan fingerprint density at radius 2 is 1.78 bits per heavy atom. The van der Waals surface area contributed by atoms with E-state index in [2.05, 4.69) is 5.10 Å². The molecule has 2 heterocycles. The van der Waals surface area contributed by atoms with Gasteiger partial charge in [-0.15, -0.1) is 0 Å². The molecule has 0 aliphatic carbocycles. The largest absolute Gasteiger partial charge is 0.444 e. The lowest BCUT2D eigenvalue weighted by molar-refractivity contribution is -0.137. The van der Waals surface area contributed by atoms with Crippen LogP contribution in [0.1, 0.15) is 45.0 Å². The van der Waals surface area contributed by atoms with Gasteiger partial charge in [-0.25, -0.2) is 4.79 Å². The van der Waals surface area contributed by atoms with Gasteiger partial charge in [0.1, 0.15) is 5.60 Å². The van der Waals surface area contributed by atoms with E-state index in [0.29, 0.717) is 24.3 Å². The predicted molar refractivity (Wildman–Crippen MR) is 94.0 cm³/mol. The van der Waals surface area contributed by atoms with Crippen LogP contribution < -0.4 is 0 Å². The summed E-state index contributed by atoms with van der Waals surface area (Å²) in [4.78, 5) is 14.0. The summed E-state index contributed by atoms with van der Waals surface area (Å²) >= 11 is 0. The third-order valence-corrected chi connectivity index (χ3v) is 4.40. The van der Waals surface area contributed by atoms with Gasteiger partial charge in [-0.05, 0) is 45.9 Å². The second-order valence-corrected chi connectivity index (χ2v) is 7.60. The molecule has 1 atom stereocenters. The first kappa shape index (κ1) is 19.3. The molecule has 1 aromatic carbocycles. The number of carbonyl (C=O) groups is 1. The molecule has 0 bridgehead atoms. The predicted octanol–water partition coefficient (Wildman–Crippen LogP) is 4.88. The fourth-order valence-corrected chi connectivity index (χ4v) is 3.04.